The first-order valence-electron chi connectivity index (χ1n) is 11.9. The van der Waals surface area contributed by atoms with Gasteiger partial charge in [0, 0.05) is 59.6 Å². The van der Waals surface area contributed by atoms with Gasteiger partial charge in [0.1, 0.15) is 21.4 Å². The van der Waals surface area contributed by atoms with Crippen molar-refractivity contribution in [3.8, 4) is 5.82 Å². The Morgan fingerprint density at radius 3 is 2.73 bits per heavy atom. The largest absolute Gasteiger partial charge is 0.355 e. The number of nitrogens with two attached hydrogens (primary N) is 1. The highest BCUT2D eigenvalue weighted by atomic mass is 35.5. The van der Waals surface area contributed by atoms with Gasteiger partial charge in [0.25, 0.3) is 0 Å². The van der Waals surface area contributed by atoms with Crippen LogP contribution in [0.25, 0.3) is 17.0 Å². The topological polar surface area (TPSA) is 112 Å². The highest BCUT2D eigenvalue weighted by Crippen LogP contribution is 2.63. The first-order chi connectivity index (χ1) is 18.1. The van der Waals surface area contributed by atoms with Gasteiger partial charge in [0.05, 0.1) is 11.2 Å². The molecule has 2 N–H and O–H groups in total. The molecule has 3 atom stereocenters. The summed E-state index contributed by atoms with van der Waals surface area (Å²) in [4.78, 5) is 26.5. The van der Waals surface area contributed by atoms with Crippen LogP contribution in [0.4, 0.5) is 5.82 Å². The number of aryl methyl sites for hydroxylation is 1. The fourth-order valence-electron chi connectivity index (χ4n) is 5.44. The van der Waals surface area contributed by atoms with E-state index in [1.54, 1.807) is 28.4 Å². The molecule has 1 aliphatic carbocycles. The lowest BCUT2D eigenvalue weighted by molar-refractivity contribution is 0.549. The van der Waals surface area contributed by atoms with Crippen LogP contribution < -0.4 is 10.6 Å². The molecule has 0 spiro atoms. The summed E-state index contributed by atoms with van der Waals surface area (Å²) in [7, 11) is 0. The number of hydrogen-bond donors (Lipinski definition) is 1. The Kier molecular flexibility index (Phi) is 5.43. The van der Waals surface area contributed by atoms with Gasteiger partial charge in [-0.15, -0.1) is 11.3 Å². The lowest BCUT2D eigenvalue weighted by Crippen LogP contribution is -2.35. The van der Waals surface area contributed by atoms with Gasteiger partial charge in [-0.2, -0.15) is 5.10 Å². The molecule has 186 valence electrons. The summed E-state index contributed by atoms with van der Waals surface area (Å²) < 4.78 is 1.64. The smallest absolute Gasteiger partial charge is 0.179 e. The molecule has 12 heteroatoms. The fourth-order valence-corrected chi connectivity index (χ4v) is 7.70. The van der Waals surface area contributed by atoms with E-state index in [4.69, 9.17) is 32.3 Å². The van der Waals surface area contributed by atoms with E-state index in [2.05, 4.69) is 25.3 Å². The van der Waals surface area contributed by atoms with Crippen molar-refractivity contribution >= 4 is 51.7 Å². The van der Waals surface area contributed by atoms with Gasteiger partial charge in [-0.25, -0.2) is 29.6 Å². The van der Waals surface area contributed by atoms with Crippen molar-refractivity contribution in [2.45, 2.75) is 22.3 Å². The average Bonchev–Trinajstić information content (AvgIpc) is 3.48. The van der Waals surface area contributed by atoms with E-state index in [0.717, 1.165) is 40.0 Å². The third-order valence-electron chi connectivity index (χ3n) is 7.35. The van der Waals surface area contributed by atoms with Crippen molar-refractivity contribution in [3.63, 3.8) is 0 Å². The number of piperidine rings is 1. The number of nitrogens with zero attached hydrogens (tertiary/aromatic N) is 8. The highest BCUT2D eigenvalue weighted by molar-refractivity contribution is 7.99. The van der Waals surface area contributed by atoms with Crippen molar-refractivity contribution < 1.29 is 0 Å². The Morgan fingerprint density at radius 2 is 2.00 bits per heavy atom. The molecule has 6 heterocycles. The summed E-state index contributed by atoms with van der Waals surface area (Å²) in [5.41, 5.74) is 8.73. The molecule has 5 aromatic heterocycles. The number of rotatable bonds is 6. The molecule has 1 aliphatic heterocycles. The van der Waals surface area contributed by atoms with E-state index >= 15 is 0 Å². The molecule has 0 aromatic carbocycles. The number of thiazole rings is 1. The molecule has 37 heavy (non-hydrogen) atoms. The van der Waals surface area contributed by atoms with Crippen LogP contribution in [-0.2, 0) is 5.41 Å². The van der Waals surface area contributed by atoms with Crippen molar-refractivity contribution in [3.05, 3.63) is 70.2 Å². The molecule has 7 rings (SSSR count). The maximum atomic E-state index is 6.63. The minimum Gasteiger partial charge on any atom is -0.355 e. The van der Waals surface area contributed by atoms with E-state index in [-0.39, 0.29) is 5.41 Å². The SMILES string of the molecule is Cc1csc([C@]2(CN)[C@@H]3CN(c4cnc5nc(Sc6ccnc(-n7cccn7)c6Cl)ccc5n4)C[C@@H]32)n1. The van der Waals surface area contributed by atoms with Gasteiger partial charge in [-0.05, 0) is 43.0 Å². The number of anilines is 1. The molecule has 0 unspecified atom stereocenters. The first-order valence-corrected chi connectivity index (χ1v) is 14.0. The number of hydrogen-bond acceptors (Lipinski definition) is 10. The molecular formula is C25H22ClN9S2. The fraction of sp³-hybridized carbons (Fsp3) is 0.280. The van der Waals surface area contributed by atoms with Gasteiger partial charge in [-0.1, -0.05) is 23.4 Å². The van der Waals surface area contributed by atoms with Gasteiger partial charge in [0.2, 0.25) is 0 Å². The molecule has 5 aromatic rings. The Morgan fingerprint density at radius 1 is 1.14 bits per heavy atom. The minimum absolute atomic E-state index is 0.0267. The lowest BCUT2D eigenvalue weighted by Gasteiger charge is -2.25. The molecule has 2 aliphatic rings. The van der Waals surface area contributed by atoms with Crippen LogP contribution in [0.15, 0.2) is 64.4 Å². The normalized spacial score (nSPS) is 22.5. The molecule has 2 fully saturated rings. The zero-order valence-electron chi connectivity index (χ0n) is 19.8. The molecule has 1 saturated carbocycles. The Balaban J connectivity index is 1.09. The average molecular weight is 548 g/mol. The molecule has 0 bridgehead atoms. The van der Waals surface area contributed by atoms with E-state index < -0.39 is 0 Å². The minimum atomic E-state index is 0.0267. The van der Waals surface area contributed by atoms with Gasteiger partial charge in [-0.3, -0.25) is 0 Å². The van der Waals surface area contributed by atoms with E-state index in [0.29, 0.717) is 34.9 Å². The maximum absolute atomic E-state index is 6.63. The van der Waals surface area contributed by atoms with Crippen molar-refractivity contribution in [2.24, 2.45) is 17.6 Å². The number of pyridine rings is 2. The molecule has 9 nitrogen and oxygen atoms in total. The van der Waals surface area contributed by atoms with Crippen LogP contribution in [0.2, 0.25) is 5.02 Å². The van der Waals surface area contributed by atoms with Gasteiger partial charge < -0.3 is 10.6 Å². The first kappa shape index (κ1) is 23.0. The number of aromatic nitrogens is 7. The summed E-state index contributed by atoms with van der Waals surface area (Å²) in [6.07, 6.45) is 7.04. The Bertz CT molecular complexity index is 1610. The Hall–Kier alpha value is -3.12. The van der Waals surface area contributed by atoms with Crippen LogP contribution in [0.5, 0.6) is 0 Å². The van der Waals surface area contributed by atoms with Crippen LogP contribution in [-0.4, -0.2) is 54.3 Å². The second-order valence-corrected chi connectivity index (χ2v) is 11.7. The molecular weight excluding hydrogens is 526 g/mol. The molecule has 0 radical (unpaired) electrons. The Labute approximate surface area is 226 Å². The predicted molar refractivity (Wildman–Crippen MR) is 145 cm³/mol. The highest BCUT2D eigenvalue weighted by Gasteiger charge is 2.69. The number of halogens is 1. The van der Waals surface area contributed by atoms with Crippen LogP contribution in [0.3, 0.4) is 0 Å². The standard InChI is InChI=1S/C25H22ClN9S2/c1-14-12-36-24(31-14)25(13-27)15-10-34(11-16(15)25)19-9-29-22-17(32-19)3-4-20(33-22)37-18-5-7-28-23(21(18)26)35-8-2-6-30-35/h2-9,12,15-16H,10-11,13,27H2,1H3/t15-,16+,25-. The summed E-state index contributed by atoms with van der Waals surface area (Å²) in [6, 6.07) is 7.61. The van der Waals surface area contributed by atoms with Crippen LogP contribution in [0.1, 0.15) is 10.7 Å². The maximum Gasteiger partial charge on any atom is 0.179 e. The zero-order valence-corrected chi connectivity index (χ0v) is 22.2. The third kappa shape index (κ3) is 3.71. The van der Waals surface area contributed by atoms with Crippen LogP contribution >= 0.6 is 34.7 Å². The summed E-state index contributed by atoms with van der Waals surface area (Å²) >= 11 is 9.83. The molecule has 1 saturated heterocycles. The zero-order chi connectivity index (χ0) is 25.1. The lowest BCUT2D eigenvalue weighted by atomic mass is 10.0. The van der Waals surface area contributed by atoms with Gasteiger partial charge in [0.15, 0.2) is 11.5 Å². The van der Waals surface area contributed by atoms with E-state index in [1.807, 2.05) is 43.6 Å². The van der Waals surface area contributed by atoms with Crippen LogP contribution in [0, 0.1) is 18.8 Å². The van der Waals surface area contributed by atoms with E-state index in [9.17, 15) is 0 Å². The number of fused-ring (bicyclic) bond motifs is 2. The predicted octanol–water partition coefficient (Wildman–Crippen LogP) is 4.14. The third-order valence-corrected chi connectivity index (χ3v) is 9.99. The van der Waals surface area contributed by atoms with Crippen molar-refractivity contribution in [2.75, 3.05) is 24.5 Å². The van der Waals surface area contributed by atoms with Crippen molar-refractivity contribution in [1.29, 1.82) is 0 Å². The monoisotopic (exact) mass is 547 g/mol. The van der Waals surface area contributed by atoms with Crippen molar-refractivity contribution in [1.82, 2.24) is 34.7 Å². The summed E-state index contributed by atoms with van der Waals surface area (Å²) in [5, 5.41) is 8.84. The quantitative estimate of drug-likeness (QED) is 0.335. The summed E-state index contributed by atoms with van der Waals surface area (Å²) in [6.45, 7) is 4.52. The van der Waals surface area contributed by atoms with Gasteiger partial charge >= 0.3 is 0 Å². The summed E-state index contributed by atoms with van der Waals surface area (Å²) in [5.74, 6) is 2.47. The van der Waals surface area contributed by atoms with E-state index in [1.165, 1.54) is 16.8 Å². The molecule has 0 amide bonds. The second kappa shape index (κ2) is 8.73. The second-order valence-electron chi connectivity index (χ2n) is 9.38.